The lowest BCUT2D eigenvalue weighted by Gasteiger charge is -2.06. The van der Waals surface area contributed by atoms with Crippen molar-refractivity contribution >= 4 is 0 Å². The van der Waals surface area contributed by atoms with Gasteiger partial charge in [0.1, 0.15) is 6.17 Å². The SMILES string of the molecule is C=CC[C@H](F)COCc1ccccc1. The first-order chi connectivity index (χ1) is 6.83. The van der Waals surface area contributed by atoms with E-state index in [9.17, 15) is 4.39 Å². The van der Waals surface area contributed by atoms with Crippen LogP contribution in [0.5, 0.6) is 0 Å². The van der Waals surface area contributed by atoms with Gasteiger partial charge in [-0.3, -0.25) is 0 Å². The first kappa shape index (κ1) is 10.9. The normalized spacial score (nSPS) is 12.4. The van der Waals surface area contributed by atoms with Gasteiger partial charge < -0.3 is 4.74 Å². The van der Waals surface area contributed by atoms with E-state index in [0.717, 1.165) is 5.56 Å². The molecule has 0 aliphatic heterocycles. The minimum absolute atomic E-state index is 0.140. The number of hydrogen-bond donors (Lipinski definition) is 0. The summed E-state index contributed by atoms with van der Waals surface area (Å²) in [6.45, 7) is 4.08. The molecule has 0 heterocycles. The fourth-order valence-corrected chi connectivity index (χ4v) is 1.13. The van der Waals surface area contributed by atoms with E-state index in [2.05, 4.69) is 6.58 Å². The van der Waals surface area contributed by atoms with E-state index in [1.165, 1.54) is 0 Å². The maximum atomic E-state index is 12.9. The largest absolute Gasteiger partial charge is 0.374 e. The van der Waals surface area contributed by atoms with Crippen LogP contribution in [-0.4, -0.2) is 12.8 Å². The van der Waals surface area contributed by atoms with Gasteiger partial charge in [0.2, 0.25) is 0 Å². The molecule has 0 aromatic heterocycles. The van der Waals surface area contributed by atoms with Gasteiger partial charge in [0, 0.05) is 0 Å². The van der Waals surface area contributed by atoms with Gasteiger partial charge in [0.15, 0.2) is 0 Å². The van der Waals surface area contributed by atoms with Gasteiger partial charge in [-0.05, 0) is 12.0 Å². The number of hydrogen-bond acceptors (Lipinski definition) is 1. The minimum atomic E-state index is -0.934. The average Bonchev–Trinajstić information content (AvgIpc) is 2.20. The van der Waals surface area contributed by atoms with Gasteiger partial charge in [-0.2, -0.15) is 0 Å². The van der Waals surface area contributed by atoms with Gasteiger partial charge in [-0.15, -0.1) is 6.58 Å². The highest BCUT2D eigenvalue weighted by Gasteiger charge is 2.03. The summed E-state index contributed by atoms with van der Waals surface area (Å²) in [6, 6.07) is 9.74. The Labute approximate surface area is 84.2 Å². The number of alkyl halides is 1. The van der Waals surface area contributed by atoms with Gasteiger partial charge >= 0.3 is 0 Å². The summed E-state index contributed by atoms with van der Waals surface area (Å²) in [5.41, 5.74) is 1.07. The second kappa shape index (κ2) is 6.33. The summed E-state index contributed by atoms with van der Waals surface area (Å²) < 4.78 is 18.1. The molecule has 1 aromatic carbocycles. The predicted octanol–water partition coefficient (Wildman–Crippen LogP) is 3.12. The van der Waals surface area contributed by atoms with E-state index in [1.54, 1.807) is 6.08 Å². The van der Waals surface area contributed by atoms with Crippen molar-refractivity contribution in [1.29, 1.82) is 0 Å². The van der Waals surface area contributed by atoms with Crippen LogP contribution in [0.4, 0.5) is 4.39 Å². The zero-order valence-corrected chi connectivity index (χ0v) is 8.16. The zero-order valence-electron chi connectivity index (χ0n) is 8.16. The summed E-state index contributed by atoms with van der Waals surface area (Å²) in [5.74, 6) is 0. The van der Waals surface area contributed by atoms with E-state index < -0.39 is 6.17 Å². The molecule has 1 nitrogen and oxygen atoms in total. The van der Waals surface area contributed by atoms with E-state index >= 15 is 0 Å². The second-order valence-corrected chi connectivity index (χ2v) is 3.12. The topological polar surface area (TPSA) is 9.23 Å². The Kier molecular flexibility index (Phi) is 4.94. The van der Waals surface area contributed by atoms with Crippen LogP contribution in [0.25, 0.3) is 0 Å². The van der Waals surface area contributed by atoms with Crippen LogP contribution in [0.15, 0.2) is 43.0 Å². The predicted molar refractivity (Wildman–Crippen MR) is 55.8 cm³/mol. The molecule has 2 heteroatoms. The van der Waals surface area contributed by atoms with Crippen LogP contribution >= 0.6 is 0 Å². The number of rotatable bonds is 6. The third kappa shape index (κ3) is 4.19. The highest BCUT2D eigenvalue weighted by molar-refractivity contribution is 5.13. The number of halogens is 1. The zero-order chi connectivity index (χ0) is 10.2. The molecule has 0 saturated carbocycles. The van der Waals surface area contributed by atoms with Crippen molar-refractivity contribution in [2.75, 3.05) is 6.61 Å². The molecule has 76 valence electrons. The van der Waals surface area contributed by atoms with E-state index in [-0.39, 0.29) is 6.61 Å². The second-order valence-electron chi connectivity index (χ2n) is 3.12. The summed E-state index contributed by atoms with van der Waals surface area (Å²) in [4.78, 5) is 0. The monoisotopic (exact) mass is 194 g/mol. The molecular weight excluding hydrogens is 179 g/mol. The van der Waals surface area contributed by atoms with Crippen LogP contribution in [-0.2, 0) is 11.3 Å². The molecule has 0 radical (unpaired) electrons. The molecule has 0 unspecified atom stereocenters. The summed E-state index contributed by atoms with van der Waals surface area (Å²) in [5, 5.41) is 0. The van der Waals surface area contributed by atoms with Crippen LogP contribution in [0.3, 0.4) is 0 Å². The van der Waals surface area contributed by atoms with E-state index in [0.29, 0.717) is 13.0 Å². The lowest BCUT2D eigenvalue weighted by atomic mass is 10.2. The van der Waals surface area contributed by atoms with Crippen molar-refractivity contribution in [3.8, 4) is 0 Å². The molecular formula is C12H15FO. The first-order valence-electron chi connectivity index (χ1n) is 4.69. The Hall–Kier alpha value is -1.15. The molecule has 1 aromatic rings. The lowest BCUT2D eigenvalue weighted by molar-refractivity contribution is 0.0708. The van der Waals surface area contributed by atoms with Crippen molar-refractivity contribution in [2.45, 2.75) is 19.2 Å². The molecule has 0 amide bonds. The number of ether oxygens (including phenoxy) is 1. The van der Waals surface area contributed by atoms with Crippen molar-refractivity contribution in [1.82, 2.24) is 0 Å². The minimum Gasteiger partial charge on any atom is -0.374 e. The molecule has 1 rings (SSSR count). The number of benzene rings is 1. The van der Waals surface area contributed by atoms with Gasteiger partial charge in [-0.25, -0.2) is 4.39 Å². The van der Waals surface area contributed by atoms with Gasteiger partial charge in [0.05, 0.1) is 13.2 Å². The van der Waals surface area contributed by atoms with E-state index in [1.807, 2.05) is 30.3 Å². The lowest BCUT2D eigenvalue weighted by Crippen LogP contribution is -2.08. The highest BCUT2D eigenvalue weighted by atomic mass is 19.1. The van der Waals surface area contributed by atoms with Crippen molar-refractivity contribution < 1.29 is 9.13 Å². The molecule has 0 spiro atoms. The Morgan fingerprint density at radius 3 is 2.71 bits per heavy atom. The maximum absolute atomic E-state index is 12.9. The first-order valence-corrected chi connectivity index (χ1v) is 4.69. The summed E-state index contributed by atoms with van der Waals surface area (Å²) in [7, 11) is 0. The van der Waals surface area contributed by atoms with Crippen molar-refractivity contribution in [3.05, 3.63) is 48.6 Å². The fourth-order valence-electron chi connectivity index (χ4n) is 1.13. The van der Waals surface area contributed by atoms with Crippen LogP contribution < -0.4 is 0 Å². The average molecular weight is 194 g/mol. The van der Waals surface area contributed by atoms with Gasteiger partial charge in [0.25, 0.3) is 0 Å². The van der Waals surface area contributed by atoms with Crippen LogP contribution in [0.2, 0.25) is 0 Å². The third-order valence-electron chi connectivity index (χ3n) is 1.83. The standard InChI is InChI=1S/C12H15FO/c1-2-6-12(13)10-14-9-11-7-4-3-5-8-11/h2-5,7-8,12H,1,6,9-10H2/t12-/m0/s1. The summed E-state index contributed by atoms with van der Waals surface area (Å²) >= 11 is 0. The Morgan fingerprint density at radius 1 is 1.36 bits per heavy atom. The molecule has 0 N–H and O–H groups in total. The maximum Gasteiger partial charge on any atom is 0.127 e. The Bertz CT molecular complexity index is 258. The molecule has 0 fully saturated rings. The molecule has 0 aliphatic rings. The van der Waals surface area contributed by atoms with E-state index in [4.69, 9.17) is 4.74 Å². The molecule has 0 bridgehead atoms. The third-order valence-corrected chi connectivity index (χ3v) is 1.83. The highest BCUT2D eigenvalue weighted by Crippen LogP contribution is 2.04. The van der Waals surface area contributed by atoms with Crippen molar-refractivity contribution in [3.63, 3.8) is 0 Å². The molecule has 0 aliphatic carbocycles. The Morgan fingerprint density at radius 2 is 2.07 bits per heavy atom. The molecule has 1 atom stereocenters. The van der Waals surface area contributed by atoms with Crippen molar-refractivity contribution in [2.24, 2.45) is 0 Å². The van der Waals surface area contributed by atoms with Gasteiger partial charge in [-0.1, -0.05) is 36.4 Å². The quantitative estimate of drug-likeness (QED) is 0.632. The molecule has 14 heavy (non-hydrogen) atoms. The summed E-state index contributed by atoms with van der Waals surface area (Å²) in [6.07, 6.45) is 0.988. The van der Waals surface area contributed by atoms with Crippen LogP contribution in [0.1, 0.15) is 12.0 Å². The smallest absolute Gasteiger partial charge is 0.127 e. The Balaban J connectivity index is 2.18. The van der Waals surface area contributed by atoms with Crippen LogP contribution in [0, 0.1) is 0 Å². The number of allylic oxidation sites excluding steroid dienone is 1. The fraction of sp³-hybridized carbons (Fsp3) is 0.333. The molecule has 0 saturated heterocycles.